The summed E-state index contributed by atoms with van der Waals surface area (Å²) >= 11 is 1.44. The van der Waals surface area contributed by atoms with Crippen LogP contribution in [-0.4, -0.2) is 25.2 Å². The van der Waals surface area contributed by atoms with Crippen LogP contribution in [0.3, 0.4) is 0 Å². The van der Waals surface area contributed by atoms with Gasteiger partial charge < -0.3 is 5.32 Å². The summed E-state index contributed by atoms with van der Waals surface area (Å²) in [7, 11) is 0. The van der Waals surface area contributed by atoms with Crippen molar-refractivity contribution in [2.45, 2.75) is 57.5 Å². The van der Waals surface area contributed by atoms with Gasteiger partial charge in [-0.05, 0) is 25.7 Å². The minimum atomic E-state index is -0.253. The van der Waals surface area contributed by atoms with Crippen LogP contribution in [0.15, 0.2) is 10.2 Å². The number of hydrogen-bond acceptors (Lipinski definition) is 5. The molecule has 7 nitrogen and oxygen atoms in total. The summed E-state index contributed by atoms with van der Waals surface area (Å²) < 4.78 is 2.97. The lowest BCUT2D eigenvalue weighted by Crippen LogP contribution is -2.30. The van der Waals surface area contributed by atoms with E-state index >= 15 is 0 Å². The van der Waals surface area contributed by atoms with Gasteiger partial charge in [0, 0.05) is 24.3 Å². The van der Waals surface area contributed by atoms with Gasteiger partial charge in [0.25, 0.3) is 0 Å². The number of nitrogens with zero attached hydrogens (tertiary/aromatic N) is 4. The first-order chi connectivity index (χ1) is 11.2. The number of amides is 1. The molecule has 0 atom stereocenters. The number of aryl methyl sites for hydroxylation is 1. The highest BCUT2D eigenvalue weighted by Crippen LogP contribution is 2.40. The van der Waals surface area contributed by atoms with Gasteiger partial charge in [-0.15, -0.1) is 11.3 Å². The van der Waals surface area contributed by atoms with Crippen LogP contribution in [0.1, 0.15) is 49.5 Å². The van der Waals surface area contributed by atoms with E-state index in [-0.39, 0.29) is 18.1 Å². The Bertz CT molecular complexity index is 786. The normalized spacial score (nSPS) is 17.6. The molecular formula is C15H19N5O2S. The lowest BCUT2D eigenvalue weighted by molar-refractivity contribution is -0.117. The third-order valence-electron chi connectivity index (χ3n) is 4.34. The molecule has 3 heterocycles. The molecular weight excluding hydrogens is 314 g/mol. The van der Waals surface area contributed by atoms with Crippen LogP contribution in [0.25, 0.3) is 0 Å². The fourth-order valence-corrected chi connectivity index (χ4v) is 3.74. The minimum absolute atomic E-state index is 0.0584. The van der Waals surface area contributed by atoms with Crippen LogP contribution in [0.2, 0.25) is 0 Å². The summed E-state index contributed by atoms with van der Waals surface area (Å²) in [5, 5.41) is 9.70. The van der Waals surface area contributed by atoms with E-state index in [1.54, 1.807) is 4.57 Å². The Morgan fingerprint density at radius 1 is 1.35 bits per heavy atom. The van der Waals surface area contributed by atoms with Gasteiger partial charge in [0.2, 0.25) is 5.91 Å². The largest absolute Gasteiger partial charge is 0.346 e. The third-order valence-corrected chi connectivity index (χ3v) is 5.11. The van der Waals surface area contributed by atoms with Crippen molar-refractivity contribution >= 4 is 22.4 Å². The van der Waals surface area contributed by atoms with Gasteiger partial charge in [-0.1, -0.05) is 6.42 Å². The van der Waals surface area contributed by atoms with Crippen molar-refractivity contribution in [1.29, 1.82) is 0 Å². The Kier molecular flexibility index (Phi) is 3.76. The molecule has 0 spiro atoms. The van der Waals surface area contributed by atoms with Crippen molar-refractivity contribution in [3.8, 4) is 0 Å². The smallest absolute Gasteiger partial charge is 0.300 e. The van der Waals surface area contributed by atoms with E-state index in [2.05, 4.69) is 15.4 Å². The van der Waals surface area contributed by atoms with Crippen LogP contribution in [0.4, 0.5) is 5.13 Å². The van der Waals surface area contributed by atoms with Crippen LogP contribution < -0.4 is 11.0 Å². The summed E-state index contributed by atoms with van der Waals surface area (Å²) in [5.41, 5.74) is 0.881. The van der Waals surface area contributed by atoms with Gasteiger partial charge in [0.15, 0.2) is 5.13 Å². The van der Waals surface area contributed by atoms with E-state index < -0.39 is 0 Å². The number of fused-ring (bicyclic) bond motifs is 1. The number of rotatable bonds is 4. The number of hydrogen-bond donors (Lipinski definition) is 1. The molecule has 2 aromatic heterocycles. The molecule has 0 saturated heterocycles. The molecule has 1 fully saturated rings. The van der Waals surface area contributed by atoms with Crippen LogP contribution in [-0.2, 0) is 24.3 Å². The average molecular weight is 333 g/mol. The molecule has 8 heteroatoms. The maximum Gasteiger partial charge on any atom is 0.346 e. The second kappa shape index (κ2) is 5.92. The van der Waals surface area contributed by atoms with E-state index in [9.17, 15) is 9.59 Å². The Morgan fingerprint density at radius 2 is 2.22 bits per heavy atom. The van der Waals surface area contributed by atoms with Crippen molar-refractivity contribution in [3.05, 3.63) is 27.4 Å². The van der Waals surface area contributed by atoms with E-state index in [0.717, 1.165) is 37.2 Å². The maximum atomic E-state index is 12.3. The molecule has 1 aliphatic heterocycles. The SMILES string of the molecule is O=C(Cn1nc2n(c1=O)CCCCC2)Nc1nc(C2CC2)cs1. The first kappa shape index (κ1) is 14.6. The number of aromatic nitrogens is 4. The van der Waals surface area contributed by atoms with Crippen molar-refractivity contribution in [2.24, 2.45) is 0 Å². The molecule has 1 amide bonds. The van der Waals surface area contributed by atoms with Gasteiger partial charge >= 0.3 is 5.69 Å². The van der Waals surface area contributed by atoms with Gasteiger partial charge in [0.1, 0.15) is 12.4 Å². The summed E-state index contributed by atoms with van der Waals surface area (Å²) in [6.45, 7) is 0.643. The highest BCUT2D eigenvalue weighted by molar-refractivity contribution is 7.13. The van der Waals surface area contributed by atoms with Crippen LogP contribution in [0, 0.1) is 0 Å². The van der Waals surface area contributed by atoms with Gasteiger partial charge in [-0.2, -0.15) is 5.10 Å². The predicted molar refractivity (Wildman–Crippen MR) is 86.8 cm³/mol. The lowest BCUT2D eigenvalue weighted by Gasteiger charge is -2.01. The summed E-state index contributed by atoms with van der Waals surface area (Å²) in [6.07, 6.45) is 6.34. The molecule has 0 unspecified atom stereocenters. The van der Waals surface area contributed by atoms with Gasteiger partial charge in [0.05, 0.1) is 5.69 Å². The molecule has 0 aromatic carbocycles. The Morgan fingerprint density at radius 3 is 3.04 bits per heavy atom. The molecule has 1 aliphatic carbocycles. The van der Waals surface area contributed by atoms with E-state index in [1.165, 1.54) is 28.9 Å². The van der Waals surface area contributed by atoms with Crippen LogP contribution >= 0.6 is 11.3 Å². The molecule has 122 valence electrons. The Hall–Kier alpha value is -1.96. The molecule has 0 bridgehead atoms. The fourth-order valence-electron chi connectivity index (χ4n) is 2.93. The Labute approximate surface area is 137 Å². The van der Waals surface area contributed by atoms with Crippen molar-refractivity contribution in [3.63, 3.8) is 0 Å². The van der Waals surface area contributed by atoms with Crippen molar-refractivity contribution < 1.29 is 4.79 Å². The quantitative estimate of drug-likeness (QED) is 0.924. The van der Waals surface area contributed by atoms with Gasteiger partial charge in [-0.25, -0.2) is 14.5 Å². The predicted octanol–water partition coefficient (Wildman–Crippen LogP) is 1.74. The monoisotopic (exact) mass is 333 g/mol. The summed E-state index contributed by atoms with van der Waals surface area (Å²) in [6, 6.07) is 0. The zero-order valence-corrected chi connectivity index (χ0v) is 13.6. The third kappa shape index (κ3) is 3.08. The number of carbonyl (C=O) groups is 1. The summed E-state index contributed by atoms with van der Waals surface area (Å²) in [4.78, 5) is 28.9. The first-order valence-electron chi connectivity index (χ1n) is 8.12. The first-order valence-corrected chi connectivity index (χ1v) is 9.00. The standard InChI is InChI=1S/C15H19N5O2S/c21-13(17-14-16-11(9-23-14)10-5-6-10)8-20-15(22)19-7-3-1-2-4-12(19)18-20/h9-10H,1-8H2,(H,16,17,21). The highest BCUT2D eigenvalue weighted by Gasteiger charge is 2.26. The maximum absolute atomic E-state index is 12.3. The second-order valence-electron chi connectivity index (χ2n) is 6.22. The number of nitrogens with one attached hydrogen (secondary N) is 1. The zero-order valence-electron chi connectivity index (χ0n) is 12.8. The second-order valence-corrected chi connectivity index (χ2v) is 7.08. The van der Waals surface area contributed by atoms with Crippen LogP contribution in [0.5, 0.6) is 0 Å². The molecule has 1 saturated carbocycles. The lowest BCUT2D eigenvalue weighted by atomic mass is 10.2. The minimum Gasteiger partial charge on any atom is -0.300 e. The summed E-state index contributed by atoms with van der Waals surface area (Å²) in [5.74, 6) is 1.12. The zero-order chi connectivity index (χ0) is 15.8. The van der Waals surface area contributed by atoms with Gasteiger partial charge in [-0.3, -0.25) is 9.36 Å². The van der Waals surface area contributed by atoms with Crippen molar-refractivity contribution in [2.75, 3.05) is 5.32 Å². The molecule has 4 rings (SSSR count). The molecule has 0 radical (unpaired) electrons. The topological polar surface area (TPSA) is 81.8 Å². The average Bonchev–Trinajstić information content (AvgIpc) is 3.26. The number of anilines is 1. The fraction of sp³-hybridized carbons (Fsp3) is 0.600. The molecule has 23 heavy (non-hydrogen) atoms. The molecule has 2 aromatic rings. The number of thiazole rings is 1. The highest BCUT2D eigenvalue weighted by atomic mass is 32.1. The molecule has 2 aliphatic rings. The van der Waals surface area contributed by atoms with E-state index in [0.29, 0.717) is 17.6 Å². The van der Waals surface area contributed by atoms with Crippen molar-refractivity contribution in [1.82, 2.24) is 19.3 Å². The van der Waals surface area contributed by atoms with E-state index in [4.69, 9.17) is 0 Å². The van der Waals surface area contributed by atoms with E-state index in [1.807, 2.05) is 5.38 Å². The molecule has 1 N–H and O–H groups in total. The number of carbonyl (C=O) groups excluding carboxylic acids is 1. The Balaban J connectivity index is 1.44.